The molecule has 4 nitrogen and oxygen atoms in total. The Morgan fingerprint density at radius 3 is 3.25 bits per heavy atom. The molecule has 0 aliphatic heterocycles. The predicted molar refractivity (Wildman–Crippen MR) is 49.0 cm³/mol. The van der Waals surface area contributed by atoms with Gasteiger partial charge >= 0.3 is 0 Å². The molecule has 1 aromatic rings. The molecule has 0 bridgehead atoms. The smallest absolute Gasteiger partial charge is 0.213 e. The maximum Gasteiger partial charge on any atom is 0.213 e. The van der Waals surface area contributed by atoms with Crippen LogP contribution in [0.3, 0.4) is 0 Å². The van der Waals surface area contributed by atoms with Crippen LogP contribution in [-0.4, -0.2) is 28.7 Å². The van der Waals surface area contributed by atoms with E-state index in [4.69, 9.17) is 0 Å². The topological polar surface area (TPSA) is 51.0 Å². The minimum absolute atomic E-state index is 0.699. The Bertz CT molecular complexity index is 191. The van der Waals surface area contributed by atoms with Crippen molar-refractivity contribution in [1.29, 1.82) is 0 Å². The lowest BCUT2D eigenvalue weighted by molar-refractivity contribution is 0.407. The molecule has 68 valence electrons. The van der Waals surface area contributed by atoms with Crippen LogP contribution in [0.4, 0.5) is 0 Å². The van der Waals surface area contributed by atoms with Crippen LogP contribution >= 0.6 is 11.8 Å². The first-order valence-corrected chi connectivity index (χ1v) is 5.28. The van der Waals surface area contributed by atoms with Gasteiger partial charge in [-0.3, -0.25) is 0 Å². The first-order chi connectivity index (χ1) is 5.93. The van der Waals surface area contributed by atoms with Crippen LogP contribution in [0.1, 0.15) is 12.2 Å². The summed E-state index contributed by atoms with van der Waals surface area (Å²) < 4.78 is 4.59. The van der Waals surface area contributed by atoms with Crippen molar-refractivity contribution in [2.24, 2.45) is 0 Å². The van der Waals surface area contributed by atoms with Gasteiger partial charge < -0.3 is 9.84 Å². The van der Waals surface area contributed by atoms with Crippen LogP contribution in [0.5, 0.6) is 0 Å². The number of nitrogens with zero attached hydrogens (tertiary/aromatic N) is 2. The van der Waals surface area contributed by atoms with Gasteiger partial charge in [-0.05, 0) is 25.0 Å². The third-order valence-electron chi connectivity index (χ3n) is 1.39. The standard InChI is InChI=1S/C7H13N3OS/c1-12-4-2-3-8-5-7-9-6-11-10-7/h6,8H,2-5H2,1H3. The molecule has 0 atom stereocenters. The summed E-state index contributed by atoms with van der Waals surface area (Å²) in [6.07, 6.45) is 4.64. The minimum Gasteiger partial charge on any atom is -0.343 e. The van der Waals surface area contributed by atoms with Crippen LogP contribution in [0.25, 0.3) is 0 Å². The van der Waals surface area contributed by atoms with Crippen molar-refractivity contribution in [2.45, 2.75) is 13.0 Å². The molecule has 1 rings (SSSR count). The number of hydrogen-bond acceptors (Lipinski definition) is 5. The quantitative estimate of drug-likeness (QED) is 0.671. The highest BCUT2D eigenvalue weighted by atomic mass is 32.2. The van der Waals surface area contributed by atoms with E-state index >= 15 is 0 Å². The van der Waals surface area contributed by atoms with Crippen LogP contribution in [0.15, 0.2) is 10.9 Å². The number of aromatic nitrogens is 2. The molecule has 12 heavy (non-hydrogen) atoms. The van der Waals surface area contributed by atoms with Gasteiger partial charge in [0.1, 0.15) is 0 Å². The van der Waals surface area contributed by atoms with E-state index in [-0.39, 0.29) is 0 Å². The summed E-state index contributed by atoms with van der Waals surface area (Å²) >= 11 is 1.86. The minimum atomic E-state index is 0.699. The molecule has 0 aliphatic rings. The molecule has 0 radical (unpaired) electrons. The van der Waals surface area contributed by atoms with Crippen molar-refractivity contribution in [3.05, 3.63) is 12.2 Å². The van der Waals surface area contributed by atoms with Gasteiger partial charge in [0.2, 0.25) is 6.39 Å². The molecule has 0 amide bonds. The molecule has 0 aromatic carbocycles. The molecule has 0 saturated heterocycles. The Balaban J connectivity index is 1.96. The van der Waals surface area contributed by atoms with Gasteiger partial charge in [-0.1, -0.05) is 5.16 Å². The monoisotopic (exact) mass is 187 g/mol. The van der Waals surface area contributed by atoms with Gasteiger partial charge in [0.15, 0.2) is 5.82 Å². The summed E-state index contributed by atoms with van der Waals surface area (Å²) in [6.45, 7) is 1.71. The fraction of sp³-hybridized carbons (Fsp3) is 0.714. The fourth-order valence-electron chi connectivity index (χ4n) is 0.812. The van der Waals surface area contributed by atoms with Crippen molar-refractivity contribution in [1.82, 2.24) is 15.5 Å². The summed E-state index contributed by atoms with van der Waals surface area (Å²) in [5, 5.41) is 6.90. The molecule has 0 fully saturated rings. The summed E-state index contributed by atoms with van der Waals surface area (Å²) in [5.41, 5.74) is 0. The highest BCUT2D eigenvalue weighted by Crippen LogP contribution is 1.94. The lowest BCUT2D eigenvalue weighted by Crippen LogP contribution is -2.16. The van der Waals surface area contributed by atoms with Crippen molar-refractivity contribution < 1.29 is 4.52 Å². The van der Waals surface area contributed by atoms with E-state index in [1.165, 1.54) is 18.6 Å². The van der Waals surface area contributed by atoms with Crippen molar-refractivity contribution >= 4 is 11.8 Å². The lowest BCUT2D eigenvalue weighted by Gasteiger charge is -1.99. The van der Waals surface area contributed by atoms with Gasteiger partial charge in [-0.2, -0.15) is 16.7 Å². The second-order valence-corrected chi connectivity index (χ2v) is 3.36. The molecule has 0 spiro atoms. The Kier molecular flexibility index (Phi) is 4.79. The average Bonchev–Trinajstić information content (AvgIpc) is 2.57. The maximum absolute atomic E-state index is 4.59. The SMILES string of the molecule is CSCCCNCc1ncon1. The Morgan fingerprint density at radius 1 is 1.67 bits per heavy atom. The van der Waals surface area contributed by atoms with E-state index in [9.17, 15) is 0 Å². The van der Waals surface area contributed by atoms with Crippen molar-refractivity contribution in [2.75, 3.05) is 18.6 Å². The van der Waals surface area contributed by atoms with Gasteiger partial charge in [0.25, 0.3) is 0 Å². The maximum atomic E-state index is 4.59. The zero-order valence-corrected chi connectivity index (χ0v) is 7.93. The molecule has 0 saturated carbocycles. The van der Waals surface area contributed by atoms with E-state index < -0.39 is 0 Å². The van der Waals surface area contributed by atoms with Gasteiger partial charge in [0.05, 0.1) is 6.54 Å². The first-order valence-electron chi connectivity index (χ1n) is 3.88. The lowest BCUT2D eigenvalue weighted by atomic mass is 10.4. The molecule has 0 aliphatic carbocycles. The predicted octanol–water partition coefficient (Wildman–Crippen LogP) is 0.912. The highest BCUT2D eigenvalue weighted by Gasteiger charge is 1.95. The summed E-state index contributed by atoms with van der Waals surface area (Å²) in [6, 6.07) is 0. The van der Waals surface area contributed by atoms with Crippen LogP contribution in [0.2, 0.25) is 0 Å². The number of thioether (sulfide) groups is 1. The van der Waals surface area contributed by atoms with Crippen LogP contribution in [0, 0.1) is 0 Å². The van der Waals surface area contributed by atoms with Gasteiger partial charge in [0, 0.05) is 0 Å². The third-order valence-corrected chi connectivity index (χ3v) is 2.09. The van der Waals surface area contributed by atoms with Gasteiger partial charge in [-0.15, -0.1) is 0 Å². The zero-order valence-electron chi connectivity index (χ0n) is 7.12. The van der Waals surface area contributed by atoms with E-state index in [1.54, 1.807) is 0 Å². The molecule has 0 unspecified atom stereocenters. The number of nitrogens with one attached hydrogen (secondary N) is 1. The highest BCUT2D eigenvalue weighted by molar-refractivity contribution is 7.98. The molecule has 1 aromatic heterocycles. The molecule has 1 N–H and O–H groups in total. The Hall–Kier alpha value is -0.550. The Morgan fingerprint density at radius 2 is 2.58 bits per heavy atom. The van der Waals surface area contributed by atoms with E-state index in [0.29, 0.717) is 6.54 Å². The van der Waals surface area contributed by atoms with Crippen molar-refractivity contribution in [3.63, 3.8) is 0 Å². The normalized spacial score (nSPS) is 10.4. The summed E-state index contributed by atoms with van der Waals surface area (Å²) in [7, 11) is 0. The molecular weight excluding hydrogens is 174 g/mol. The molecule has 5 heteroatoms. The van der Waals surface area contributed by atoms with Crippen LogP contribution in [-0.2, 0) is 6.54 Å². The summed E-state index contributed by atoms with van der Waals surface area (Å²) in [4.78, 5) is 3.89. The van der Waals surface area contributed by atoms with E-state index in [2.05, 4.69) is 26.2 Å². The van der Waals surface area contributed by atoms with E-state index in [1.807, 2.05) is 11.8 Å². The average molecular weight is 187 g/mol. The summed E-state index contributed by atoms with van der Waals surface area (Å²) in [5.74, 6) is 1.92. The second-order valence-electron chi connectivity index (χ2n) is 2.37. The zero-order chi connectivity index (χ0) is 8.65. The molecule has 1 heterocycles. The Labute approximate surface area is 76.1 Å². The molecular formula is C7H13N3OS. The largest absolute Gasteiger partial charge is 0.343 e. The van der Waals surface area contributed by atoms with Crippen molar-refractivity contribution in [3.8, 4) is 0 Å². The fourth-order valence-corrected chi connectivity index (χ4v) is 1.25. The van der Waals surface area contributed by atoms with Gasteiger partial charge in [-0.25, -0.2) is 0 Å². The van der Waals surface area contributed by atoms with Crippen LogP contribution < -0.4 is 5.32 Å². The van der Waals surface area contributed by atoms with E-state index in [0.717, 1.165) is 12.4 Å². The first kappa shape index (κ1) is 9.54. The number of rotatable bonds is 6. The second kappa shape index (κ2) is 6.02. The number of hydrogen-bond donors (Lipinski definition) is 1. The third kappa shape index (κ3) is 3.73.